The van der Waals surface area contributed by atoms with E-state index in [1.165, 1.54) is 19.2 Å². The smallest absolute Gasteiger partial charge is 0.119 e. The van der Waals surface area contributed by atoms with Crippen LogP contribution in [0.15, 0.2) is 18.2 Å². The molecule has 3 nitrogen and oxygen atoms in total. The summed E-state index contributed by atoms with van der Waals surface area (Å²) in [6.45, 7) is -0.240. The van der Waals surface area contributed by atoms with E-state index in [4.69, 9.17) is 9.84 Å². The Morgan fingerprint density at radius 1 is 1.55 bits per heavy atom. The quantitative estimate of drug-likeness (QED) is 0.663. The lowest BCUT2D eigenvalue weighted by molar-refractivity contribution is -0.270. The Labute approximate surface area is 64.9 Å². The van der Waals surface area contributed by atoms with Crippen molar-refractivity contribution in [3.63, 3.8) is 0 Å². The molecule has 0 saturated carbocycles. The molecule has 0 aliphatic heterocycles. The molecule has 0 saturated heterocycles. The highest BCUT2D eigenvalue weighted by Crippen LogP contribution is 2.19. The summed E-state index contributed by atoms with van der Waals surface area (Å²) in [4.78, 5) is 0. The zero-order valence-electron chi connectivity index (χ0n) is 6.20. The van der Waals surface area contributed by atoms with Gasteiger partial charge in [0.1, 0.15) is 5.75 Å². The standard InChI is InChI=1S/C8H10O3/c1-11-7-2-3-8(10)6(4-7)5-9/h2-4,9-10H,5H2,1H3/p-1. The van der Waals surface area contributed by atoms with Crippen LogP contribution >= 0.6 is 0 Å². The molecular formula is C8H9O3-. The molecule has 0 unspecified atom stereocenters. The van der Waals surface area contributed by atoms with E-state index in [0.717, 1.165) is 0 Å². The van der Waals surface area contributed by atoms with Gasteiger partial charge in [0.2, 0.25) is 0 Å². The van der Waals surface area contributed by atoms with E-state index in [1.807, 2.05) is 0 Å². The second-order valence-electron chi connectivity index (χ2n) is 2.13. The minimum absolute atomic E-state index is 0.159. The Balaban J connectivity index is 3.02. The third kappa shape index (κ3) is 1.62. The number of hydrogen-bond donors (Lipinski definition) is 1. The molecule has 0 aliphatic rings. The Morgan fingerprint density at radius 2 is 2.27 bits per heavy atom. The van der Waals surface area contributed by atoms with Crippen LogP contribution in [0.2, 0.25) is 0 Å². The fourth-order valence-corrected chi connectivity index (χ4v) is 0.806. The molecule has 0 spiro atoms. The maximum Gasteiger partial charge on any atom is 0.119 e. The first-order chi connectivity index (χ1) is 5.27. The van der Waals surface area contributed by atoms with Crippen molar-refractivity contribution in [3.8, 4) is 11.5 Å². The molecule has 0 atom stereocenters. The van der Waals surface area contributed by atoms with E-state index >= 15 is 0 Å². The van der Waals surface area contributed by atoms with Crippen LogP contribution in [0.25, 0.3) is 0 Å². The second-order valence-corrected chi connectivity index (χ2v) is 2.13. The molecule has 0 bridgehead atoms. The fourth-order valence-electron chi connectivity index (χ4n) is 0.806. The predicted molar refractivity (Wildman–Crippen MR) is 38.4 cm³/mol. The van der Waals surface area contributed by atoms with Crippen LogP contribution in [0.1, 0.15) is 5.56 Å². The summed E-state index contributed by atoms with van der Waals surface area (Å²) in [5, 5.41) is 19.6. The van der Waals surface area contributed by atoms with Crippen LogP contribution in [0, 0.1) is 0 Å². The molecule has 11 heavy (non-hydrogen) atoms. The third-order valence-electron chi connectivity index (χ3n) is 1.44. The summed E-state index contributed by atoms with van der Waals surface area (Å²) in [6, 6.07) is 4.48. The largest absolute Gasteiger partial charge is 0.872 e. The molecular weight excluding hydrogens is 144 g/mol. The Bertz CT molecular complexity index is 245. The fraction of sp³-hybridized carbons (Fsp3) is 0.250. The maximum absolute atomic E-state index is 10.9. The van der Waals surface area contributed by atoms with Crippen molar-refractivity contribution < 1.29 is 14.9 Å². The molecule has 0 heterocycles. The first-order valence-corrected chi connectivity index (χ1v) is 3.22. The van der Waals surface area contributed by atoms with Crippen molar-refractivity contribution in [2.75, 3.05) is 7.11 Å². The number of rotatable bonds is 2. The highest BCUT2D eigenvalue weighted by Gasteiger charge is 1.94. The maximum atomic E-state index is 10.9. The minimum atomic E-state index is -0.240. The summed E-state index contributed by atoms with van der Waals surface area (Å²) in [5.74, 6) is 0.432. The minimum Gasteiger partial charge on any atom is -0.872 e. The zero-order valence-corrected chi connectivity index (χ0v) is 6.20. The van der Waals surface area contributed by atoms with Crippen LogP contribution in [0.3, 0.4) is 0 Å². The average Bonchev–Trinajstić information content (AvgIpc) is 2.05. The number of methoxy groups -OCH3 is 1. The van der Waals surface area contributed by atoms with Gasteiger partial charge in [-0.05, 0) is 17.7 Å². The molecule has 0 fully saturated rings. The van der Waals surface area contributed by atoms with Gasteiger partial charge in [-0.2, -0.15) is 0 Å². The normalized spacial score (nSPS) is 9.64. The van der Waals surface area contributed by atoms with E-state index in [2.05, 4.69) is 0 Å². The van der Waals surface area contributed by atoms with E-state index in [1.54, 1.807) is 6.07 Å². The lowest BCUT2D eigenvalue weighted by Gasteiger charge is -2.11. The van der Waals surface area contributed by atoms with Gasteiger partial charge in [0.15, 0.2) is 0 Å². The van der Waals surface area contributed by atoms with Crippen LogP contribution < -0.4 is 9.84 Å². The Morgan fingerprint density at radius 3 is 2.82 bits per heavy atom. The summed E-state index contributed by atoms with van der Waals surface area (Å²) in [7, 11) is 1.51. The first-order valence-electron chi connectivity index (χ1n) is 3.22. The molecule has 1 N–H and O–H groups in total. The molecule has 60 valence electrons. The van der Waals surface area contributed by atoms with Crippen molar-refractivity contribution in [2.24, 2.45) is 0 Å². The first kappa shape index (κ1) is 7.88. The van der Waals surface area contributed by atoms with Gasteiger partial charge >= 0.3 is 0 Å². The molecule has 1 rings (SSSR count). The van der Waals surface area contributed by atoms with Crippen LogP contribution in [0.5, 0.6) is 11.5 Å². The van der Waals surface area contributed by atoms with Gasteiger partial charge in [0.05, 0.1) is 13.7 Å². The van der Waals surface area contributed by atoms with Gasteiger partial charge in [-0.25, -0.2) is 0 Å². The Hall–Kier alpha value is -1.22. The molecule has 0 amide bonds. The Kier molecular flexibility index (Phi) is 2.33. The van der Waals surface area contributed by atoms with E-state index in [-0.39, 0.29) is 12.4 Å². The molecule has 1 aromatic rings. The van der Waals surface area contributed by atoms with Gasteiger partial charge in [0.25, 0.3) is 0 Å². The molecule has 0 aliphatic carbocycles. The summed E-state index contributed by atoms with van der Waals surface area (Å²) < 4.78 is 4.86. The van der Waals surface area contributed by atoms with E-state index in [9.17, 15) is 5.11 Å². The van der Waals surface area contributed by atoms with Gasteiger partial charge in [-0.3, -0.25) is 0 Å². The number of ether oxygens (including phenoxy) is 1. The van der Waals surface area contributed by atoms with Crippen LogP contribution in [-0.4, -0.2) is 12.2 Å². The van der Waals surface area contributed by atoms with Crippen molar-refractivity contribution in [1.82, 2.24) is 0 Å². The van der Waals surface area contributed by atoms with Crippen molar-refractivity contribution in [1.29, 1.82) is 0 Å². The summed E-state index contributed by atoms with van der Waals surface area (Å²) >= 11 is 0. The number of benzene rings is 1. The third-order valence-corrected chi connectivity index (χ3v) is 1.44. The second kappa shape index (κ2) is 3.25. The van der Waals surface area contributed by atoms with Crippen molar-refractivity contribution in [2.45, 2.75) is 6.61 Å². The lowest BCUT2D eigenvalue weighted by atomic mass is 10.2. The topological polar surface area (TPSA) is 52.5 Å². The van der Waals surface area contributed by atoms with Crippen LogP contribution in [0.4, 0.5) is 0 Å². The highest BCUT2D eigenvalue weighted by atomic mass is 16.5. The summed E-state index contributed by atoms with van der Waals surface area (Å²) in [6.07, 6.45) is 0. The molecule has 3 heteroatoms. The molecule has 0 aromatic heterocycles. The lowest BCUT2D eigenvalue weighted by Crippen LogP contribution is -1.97. The van der Waals surface area contributed by atoms with Crippen molar-refractivity contribution in [3.05, 3.63) is 23.8 Å². The van der Waals surface area contributed by atoms with E-state index < -0.39 is 0 Å². The number of aliphatic hydroxyl groups is 1. The number of hydrogen-bond acceptors (Lipinski definition) is 3. The van der Waals surface area contributed by atoms with Crippen LogP contribution in [-0.2, 0) is 6.61 Å². The van der Waals surface area contributed by atoms with E-state index in [0.29, 0.717) is 11.3 Å². The average molecular weight is 153 g/mol. The molecule has 1 aromatic carbocycles. The van der Waals surface area contributed by atoms with Gasteiger partial charge in [0, 0.05) is 0 Å². The van der Waals surface area contributed by atoms with Gasteiger partial charge in [-0.15, -0.1) is 5.75 Å². The van der Waals surface area contributed by atoms with Gasteiger partial charge in [-0.1, -0.05) is 6.07 Å². The predicted octanol–water partition coefficient (Wildman–Crippen LogP) is 0.261. The SMILES string of the molecule is COc1ccc([O-])c(CO)c1. The molecule has 0 radical (unpaired) electrons. The monoisotopic (exact) mass is 153 g/mol. The zero-order chi connectivity index (χ0) is 8.27. The highest BCUT2D eigenvalue weighted by molar-refractivity contribution is 5.37. The number of aliphatic hydroxyl groups excluding tert-OH is 1. The van der Waals surface area contributed by atoms with Crippen molar-refractivity contribution >= 4 is 0 Å². The summed E-state index contributed by atoms with van der Waals surface area (Å²) in [5.41, 5.74) is 0.365. The van der Waals surface area contributed by atoms with Gasteiger partial charge < -0.3 is 14.9 Å².